The van der Waals surface area contributed by atoms with E-state index in [0.29, 0.717) is 0 Å². The van der Waals surface area contributed by atoms with E-state index in [0.717, 1.165) is 17.8 Å². The van der Waals surface area contributed by atoms with E-state index in [4.69, 9.17) is 0 Å². The molecule has 0 saturated carbocycles. The molecule has 2 aromatic rings. The fourth-order valence-corrected chi connectivity index (χ4v) is 2.80. The number of aromatic nitrogens is 1. The summed E-state index contributed by atoms with van der Waals surface area (Å²) in [7, 11) is 0. The highest BCUT2D eigenvalue weighted by molar-refractivity contribution is 5.83. The van der Waals surface area contributed by atoms with Crippen molar-refractivity contribution in [3.63, 3.8) is 0 Å². The van der Waals surface area contributed by atoms with Crippen molar-refractivity contribution >= 4 is 10.9 Å². The second-order valence-electron chi connectivity index (χ2n) is 5.72. The Bertz CT molecular complexity index is 471. The molecule has 0 unspecified atom stereocenters. The highest BCUT2D eigenvalue weighted by atomic mass is 14.7. The van der Waals surface area contributed by atoms with Crippen molar-refractivity contribution in [2.75, 3.05) is 0 Å². The lowest BCUT2D eigenvalue weighted by Gasteiger charge is -2.24. The average Bonchev–Trinajstić information content (AvgIpc) is 2.68. The maximum atomic E-state index is 3.37. The first-order chi connectivity index (χ1) is 8.09. The Labute approximate surface area is 104 Å². The van der Waals surface area contributed by atoms with Crippen LogP contribution in [0, 0.1) is 17.8 Å². The summed E-state index contributed by atoms with van der Waals surface area (Å²) < 4.78 is 0. The molecule has 1 aromatic carbocycles. The number of nitrogens with one attached hydrogen (secondary N) is 1. The summed E-state index contributed by atoms with van der Waals surface area (Å²) in [4.78, 5) is 3.37. The van der Waals surface area contributed by atoms with Crippen LogP contribution in [0.4, 0.5) is 0 Å². The molecule has 0 saturated heterocycles. The fourth-order valence-electron chi connectivity index (χ4n) is 2.80. The maximum absolute atomic E-state index is 3.37. The molecule has 1 N–H and O–H groups in total. The van der Waals surface area contributed by atoms with Gasteiger partial charge in [-0.15, -0.1) is 0 Å². The third-order valence-electron chi connectivity index (χ3n) is 3.84. The molecule has 0 aliphatic rings. The molecular weight excluding hydrogens is 206 g/mol. The zero-order valence-corrected chi connectivity index (χ0v) is 11.3. The number of H-pyrrole nitrogens is 1. The normalized spacial score (nSPS) is 12.2. The van der Waals surface area contributed by atoms with Gasteiger partial charge in [0.2, 0.25) is 0 Å². The Morgan fingerprint density at radius 2 is 1.65 bits per heavy atom. The molecule has 17 heavy (non-hydrogen) atoms. The lowest BCUT2D eigenvalue weighted by molar-refractivity contribution is 0.287. The number of hydrogen-bond donors (Lipinski definition) is 1. The van der Waals surface area contributed by atoms with Crippen LogP contribution in [0.3, 0.4) is 0 Å². The Balaban J connectivity index is 2.28. The van der Waals surface area contributed by atoms with Gasteiger partial charge in [-0.2, -0.15) is 0 Å². The fraction of sp³-hybridized carbons (Fsp3) is 0.500. The molecule has 0 fully saturated rings. The van der Waals surface area contributed by atoms with Gasteiger partial charge >= 0.3 is 0 Å². The van der Waals surface area contributed by atoms with Crippen LogP contribution in [0.25, 0.3) is 10.9 Å². The lowest BCUT2D eigenvalue weighted by Crippen LogP contribution is -2.18. The summed E-state index contributed by atoms with van der Waals surface area (Å²) in [5, 5.41) is 1.39. The van der Waals surface area contributed by atoms with Gasteiger partial charge in [-0.05, 0) is 35.8 Å². The van der Waals surface area contributed by atoms with E-state index >= 15 is 0 Å². The van der Waals surface area contributed by atoms with Gasteiger partial charge in [0.25, 0.3) is 0 Å². The van der Waals surface area contributed by atoms with Gasteiger partial charge in [0.05, 0.1) is 0 Å². The summed E-state index contributed by atoms with van der Waals surface area (Å²) in [6.45, 7) is 9.33. The summed E-state index contributed by atoms with van der Waals surface area (Å²) in [6.07, 6.45) is 3.36. The van der Waals surface area contributed by atoms with Crippen LogP contribution in [0.5, 0.6) is 0 Å². The largest absolute Gasteiger partial charge is 0.361 e. The quantitative estimate of drug-likeness (QED) is 0.786. The molecule has 92 valence electrons. The van der Waals surface area contributed by atoms with Crippen molar-refractivity contribution in [3.05, 3.63) is 36.0 Å². The Hall–Kier alpha value is -1.24. The predicted molar refractivity (Wildman–Crippen MR) is 75.2 cm³/mol. The van der Waals surface area contributed by atoms with Crippen LogP contribution in [0.15, 0.2) is 30.5 Å². The average molecular weight is 229 g/mol. The van der Waals surface area contributed by atoms with Gasteiger partial charge < -0.3 is 4.98 Å². The topological polar surface area (TPSA) is 15.8 Å². The third kappa shape index (κ3) is 2.54. The highest BCUT2D eigenvalue weighted by Gasteiger charge is 2.19. The van der Waals surface area contributed by atoms with E-state index in [-0.39, 0.29) is 0 Å². The molecule has 0 bridgehead atoms. The number of hydrogen-bond acceptors (Lipinski definition) is 0. The Morgan fingerprint density at radius 1 is 1.00 bits per heavy atom. The van der Waals surface area contributed by atoms with Crippen LogP contribution < -0.4 is 0 Å². The van der Waals surface area contributed by atoms with Crippen molar-refractivity contribution in [2.45, 2.75) is 34.1 Å². The van der Waals surface area contributed by atoms with Crippen molar-refractivity contribution in [1.29, 1.82) is 0 Å². The first kappa shape index (κ1) is 12.2. The number of para-hydroxylation sites is 1. The Kier molecular flexibility index (Phi) is 3.56. The van der Waals surface area contributed by atoms with Crippen LogP contribution in [-0.4, -0.2) is 4.98 Å². The van der Waals surface area contributed by atoms with Crippen LogP contribution in [0.1, 0.15) is 33.3 Å². The molecular formula is C16H23N. The molecule has 1 heteroatoms. The second-order valence-corrected chi connectivity index (χ2v) is 5.72. The molecule has 0 radical (unpaired) electrons. The van der Waals surface area contributed by atoms with Gasteiger partial charge in [0.1, 0.15) is 0 Å². The van der Waals surface area contributed by atoms with Crippen molar-refractivity contribution in [2.24, 2.45) is 17.8 Å². The summed E-state index contributed by atoms with van der Waals surface area (Å²) in [5.41, 5.74) is 2.72. The molecule has 0 atom stereocenters. The first-order valence-corrected chi connectivity index (χ1v) is 6.64. The van der Waals surface area contributed by atoms with Gasteiger partial charge in [-0.25, -0.2) is 0 Å². The van der Waals surface area contributed by atoms with Gasteiger partial charge in [0, 0.05) is 17.1 Å². The zero-order valence-electron chi connectivity index (χ0n) is 11.3. The standard InChI is InChI=1S/C16H23N/c1-11(2)15(12(3)4)9-13-10-17-16-8-6-5-7-14(13)16/h5-8,10-12,15,17H,9H2,1-4H3. The van der Waals surface area contributed by atoms with E-state index < -0.39 is 0 Å². The van der Waals surface area contributed by atoms with E-state index in [9.17, 15) is 0 Å². The second kappa shape index (κ2) is 4.95. The number of aromatic amines is 1. The summed E-state index contributed by atoms with van der Waals surface area (Å²) in [5.74, 6) is 2.24. The molecule has 1 heterocycles. The smallest absolute Gasteiger partial charge is 0.0456 e. The Morgan fingerprint density at radius 3 is 2.29 bits per heavy atom. The molecule has 0 amide bonds. The monoisotopic (exact) mass is 229 g/mol. The predicted octanol–water partition coefficient (Wildman–Crippen LogP) is 4.64. The van der Waals surface area contributed by atoms with E-state index in [1.54, 1.807) is 0 Å². The van der Waals surface area contributed by atoms with Crippen LogP contribution in [-0.2, 0) is 6.42 Å². The minimum absolute atomic E-state index is 0.740. The van der Waals surface area contributed by atoms with E-state index in [1.165, 1.54) is 22.9 Å². The van der Waals surface area contributed by atoms with Crippen LogP contribution >= 0.6 is 0 Å². The van der Waals surface area contributed by atoms with E-state index in [1.807, 2.05) is 0 Å². The minimum atomic E-state index is 0.740. The molecule has 0 spiro atoms. The van der Waals surface area contributed by atoms with Gasteiger partial charge in [-0.3, -0.25) is 0 Å². The number of benzene rings is 1. The molecule has 0 aliphatic carbocycles. The number of fused-ring (bicyclic) bond motifs is 1. The maximum Gasteiger partial charge on any atom is 0.0456 e. The van der Waals surface area contributed by atoms with E-state index in [2.05, 4.69) is 63.1 Å². The lowest BCUT2D eigenvalue weighted by atomic mass is 9.81. The first-order valence-electron chi connectivity index (χ1n) is 6.64. The highest BCUT2D eigenvalue weighted by Crippen LogP contribution is 2.28. The van der Waals surface area contributed by atoms with Crippen molar-refractivity contribution < 1.29 is 0 Å². The zero-order chi connectivity index (χ0) is 12.4. The molecule has 1 aromatic heterocycles. The minimum Gasteiger partial charge on any atom is -0.361 e. The van der Waals surface area contributed by atoms with Crippen molar-refractivity contribution in [1.82, 2.24) is 4.98 Å². The summed E-state index contributed by atoms with van der Waals surface area (Å²) >= 11 is 0. The molecule has 1 nitrogen and oxygen atoms in total. The third-order valence-corrected chi connectivity index (χ3v) is 3.84. The van der Waals surface area contributed by atoms with Gasteiger partial charge in [0.15, 0.2) is 0 Å². The number of rotatable bonds is 4. The summed E-state index contributed by atoms with van der Waals surface area (Å²) in [6, 6.07) is 8.59. The molecule has 2 rings (SSSR count). The SMILES string of the molecule is CC(C)C(Cc1c[nH]c2ccccc12)C(C)C. The van der Waals surface area contributed by atoms with Crippen molar-refractivity contribution in [3.8, 4) is 0 Å². The van der Waals surface area contributed by atoms with Gasteiger partial charge in [-0.1, -0.05) is 45.9 Å². The van der Waals surface area contributed by atoms with Crippen LogP contribution in [0.2, 0.25) is 0 Å². The molecule has 0 aliphatic heterocycles.